The van der Waals surface area contributed by atoms with Crippen LogP contribution >= 0.6 is 0 Å². The number of hydrogen-bond donors (Lipinski definition) is 1. The van der Waals surface area contributed by atoms with Gasteiger partial charge >= 0.3 is 5.97 Å². The quantitative estimate of drug-likeness (QED) is 0.638. The molecule has 21 heavy (non-hydrogen) atoms. The second kappa shape index (κ2) is 8.00. The van der Waals surface area contributed by atoms with E-state index in [2.05, 4.69) is 4.90 Å². The number of esters is 1. The lowest BCUT2D eigenvalue weighted by Gasteiger charge is -2.30. The normalized spacial score (nSPS) is 19.2. The smallest absolute Gasteiger partial charge is 0.337 e. The summed E-state index contributed by atoms with van der Waals surface area (Å²) in [7, 11) is 1.37. The molecule has 1 atom stereocenters. The average molecular weight is 292 g/mol. The highest BCUT2D eigenvalue weighted by Crippen LogP contribution is 2.14. The van der Waals surface area contributed by atoms with E-state index in [4.69, 9.17) is 15.2 Å². The number of piperidine rings is 1. The fourth-order valence-electron chi connectivity index (χ4n) is 2.60. The van der Waals surface area contributed by atoms with Gasteiger partial charge in [-0.3, -0.25) is 0 Å². The Kier molecular flexibility index (Phi) is 6.02. The molecule has 0 saturated carbocycles. The number of carbonyl (C=O) groups excluding carboxylic acids is 1. The van der Waals surface area contributed by atoms with E-state index in [9.17, 15) is 4.79 Å². The van der Waals surface area contributed by atoms with Crippen LogP contribution in [-0.2, 0) is 4.74 Å². The van der Waals surface area contributed by atoms with Gasteiger partial charge in [-0.15, -0.1) is 0 Å². The molecule has 2 N–H and O–H groups in total. The van der Waals surface area contributed by atoms with Crippen molar-refractivity contribution in [1.82, 2.24) is 4.90 Å². The van der Waals surface area contributed by atoms with E-state index in [-0.39, 0.29) is 5.97 Å². The second-order valence-electron chi connectivity index (χ2n) is 5.42. The largest absolute Gasteiger partial charge is 0.494 e. The van der Waals surface area contributed by atoms with E-state index in [1.807, 2.05) is 6.07 Å². The van der Waals surface area contributed by atoms with Gasteiger partial charge in [-0.2, -0.15) is 0 Å². The number of methoxy groups -OCH3 is 1. The molecular weight excluding hydrogens is 268 g/mol. The number of nitrogens with two attached hydrogens (primary N) is 1. The van der Waals surface area contributed by atoms with E-state index in [0.717, 1.165) is 32.5 Å². The van der Waals surface area contributed by atoms with Crippen molar-refractivity contribution in [2.45, 2.75) is 25.3 Å². The number of nitrogens with zero attached hydrogens (tertiary/aromatic N) is 1. The van der Waals surface area contributed by atoms with Crippen molar-refractivity contribution in [3.8, 4) is 5.75 Å². The van der Waals surface area contributed by atoms with Crippen LogP contribution in [0.15, 0.2) is 24.3 Å². The molecule has 1 saturated heterocycles. The molecule has 2 rings (SSSR count). The second-order valence-corrected chi connectivity index (χ2v) is 5.42. The minimum Gasteiger partial charge on any atom is -0.494 e. The molecule has 0 aromatic heterocycles. The minimum absolute atomic E-state index is 0.316. The van der Waals surface area contributed by atoms with Gasteiger partial charge in [0.25, 0.3) is 0 Å². The predicted octanol–water partition coefficient (Wildman–Crippen LogP) is 1.67. The van der Waals surface area contributed by atoms with Crippen LogP contribution in [-0.4, -0.2) is 50.3 Å². The van der Waals surface area contributed by atoms with Crippen molar-refractivity contribution in [3.05, 3.63) is 29.8 Å². The average Bonchev–Trinajstić information content (AvgIpc) is 2.51. The SMILES string of the molecule is COC(=O)c1cccc(OCCCN2CCC[C@H](N)C2)c1. The molecule has 1 fully saturated rings. The van der Waals surface area contributed by atoms with E-state index in [0.29, 0.717) is 24.0 Å². The van der Waals surface area contributed by atoms with Crippen molar-refractivity contribution >= 4 is 5.97 Å². The highest BCUT2D eigenvalue weighted by molar-refractivity contribution is 5.89. The topological polar surface area (TPSA) is 64.8 Å². The molecule has 0 unspecified atom stereocenters. The van der Waals surface area contributed by atoms with Crippen LogP contribution < -0.4 is 10.5 Å². The first-order chi connectivity index (χ1) is 10.2. The van der Waals surface area contributed by atoms with Gasteiger partial charge in [0.2, 0.25) is 0 Å². The Balaban J connectivity index is 1.72. The van der Waals surface area contributed by atoms with Crippen molar-refractivity contribution in [2.75, 3.05) is 33.4 Å². The molecule has 0 spiro atoms. The lowest BCUT2D eigenvalue weighted by Crippen LogP contribution is -2.43. The molecule has 0 radical (unpaired) electrons. The van der Waals surface area contributed by atoms with Gasteiger partial charge in [-0.25, -0.2) is 4.79 Å². The highest BCUT2D eigenvalue weighted by Gasteiger charge is 2.15. The molecule has 5 heteroatoms. The first-order valence-electron chi connectivity index (χ1n) is 7.48. The summed E-state index contributed by atoms with van der Waals surface area (Å²) in [5, 5.41) is 0. The molecule has 1 aliphatic rings. The number of likely N-dealkylation sites (tertiary alicyclic amines) is 1. The first-order valence-corrected chi connectivity index (χ1v) is 7.48. The summed E-state index contributed by atoms with van der Waals surface area (Å²) in [6, 6.07) is 7.39. The van der Waals surface area contributed by atoms with Gasteiger partial charge in [0.05, 0.1) is 19.3 Å². The lowest BCUT2D eigenvalue weighted by atomic mass is 10.1. The summed E-state index contributed by atoms with van der Waals surface area (Å²) in [6.45, 7) is 3.75. The Labute approximate surface area is 126 Å². The molecule has 0 bridgehead atoms. The zero-order valence-electron chi connectivity index (χ0n) is 12.6. The van der Waals surface area contributed by atoms with Gasteiger partial charge in [0.15, 0.2) is 0 Å². The summed E-state index contributed by atoms with van der Waals surface area (Å²) in [4.78, 5) is 13.8. The predicted molar refractivity (Wildman–Crippen MR) is 81.5 cm³/mol. The van der Waals surface area contributed by atoms with Gasteiger partial charge in [0, 0.05) is 19.1 Å². The third-order valence-corrected chi connectivity index (χ3v) is 3.68. The summed E-state index contributed by atoms with van der Waals surface area (Å²) in [5.74, 6) is 0.357. The molecule has 1 aromatic rings. The standard InChI is InChI=1S/C16H24N2O3/c1-20-16(19)13-5-2-7-15(11-13)21-10-4-9-18-8-3-6-14(17)12-18/h2,5,7,11,14H,3-4,6,8-10,12,17H2,1H3/t14-/m0/s1. The number of hydrogen-bond acceptors (Lipinski definition) is 5. The molecule has 116 valence electrons. The first kappa shape index (κ1) is 15.8. The van der Waals surface area contributed by atoms with Crippen LogP contribution in [0, 0.1) is 0 Å². The highest BCUT2D eigenvalue weighted by atomic mass is 16.5. The van der Waals surface area contributed by atoms with Gasteiger partial charge in [-0.05, 0) is 44.0 Å². The lowest BCUT2D eigenvalue weighted by molar-refractivity contribution is 0.0600. The third-order valence-electron chi connectivity index (χ3n) is 3.68. The van der Waals surface area contributed by atoms with E-state index < -0.39 is 0 Å². The van der Waals surface area contributed by atoms with Crippen molar-refractivity contribution in [2.24, 2.45) is 5.73 Å². The summed E-state index contributed by atoms with van der Waals surface area (Å²) in [5.41, 5.74) is 6.47. The van der Waals surface area contributed by atoms with Gasteiger partial charge in [-0.1, -0.05) is 6.07 Å². The van der Waals surface area contributed by atoms with Crippen LogP contribution in [0.25, 0.3) is 0 Å². The maximum Gasteiger partial charge on any atom is 0.337 e. The zero-order chi connectivity index (χ0) is 15.1. The van der Waals surface area contributed by atoms with Gasteiger partial charge in [0.1, 0.15) is 5.75 Å². The molecule has 0 aliphatic carbocycles. The van der Waals surface area contributed by atoms with Gasteiger partial charge < -0.3 is 20.1 Å². The van der Waals surface area contributed by atoms with Crippen molar-refractivity contribution in [1.29, 1.82) is 0 Å². The Morgan fingerprint density at radius 3 is 3.10 bits per heavy atom. The van der Waals surface area contributed by atoms with Crippen LogP contribution in [0.5, 0.6) is 5.75 Å². The Morgan fingerprint density at radius 1 is 1.48 bits per heavy atom. The molecule has 0 amide bonds. The Hall–Kier alpha value is -1.59. The monoisotopic (exact) mass is 292 g/mol. The Morgan fingerprint density at radius 2 is 2.33 bits per heavy atom. The van der Waals surface area contributed by atoms with E-state index in [1.54, 1.807) is 18.2 Å². The number of carbonyl (C=O) groups is 1. The summed E-state index contributed by atoms with van der Waals surface area (Å²) < 4.78 is 10.4. The maximum absolute atomic E-state index is 11.4. The number of benzene rings is 1. The molecule has 1 aromatic carbocycles. The van der Waals surface area contributed by atoms with Crippen LogP contribution in [0.2, 0.25) is 0 Å². The van der Waals surface area contributed by atoms with Crippen LogP contribution in [0.1, 0.15) is 29.6 Å². The molecular formula is C16H24N2O3. The van der Waals surface area contributed by atoms with E-state index >= 15 is 0 Å². The fraction of sp³-hybridized carbons (Fsp3) is 0.562. The molecule has 1 heterocycles. The minimum atomic E-state index is -0.345. The van der Waals surface area contributed by atoms with Crippen molar-refractivity contribution in [3.63, 3.8) is 0 Å². The van der Waals surface area contributed by atoms with E-state index in [1.165, 1.54) is 13.5 Å². The fourth-order valence-corrected chi connectivity index (χ4v) is 2.60. The molecule has 1 aliphatic heterocycles. The van der Waals surface area contributed by atoms with Crippen LogP contribution in [0.3, 0.4) is 0 Å². The number of rotatable bonds is 6. The Bertz CT molecular complexity index is 465. The summed E-state index contributed by atoms with van der Waals surface area (Å²) in [6.07, 6.45) is 3.27. The third kappa shape index (κ3) is 5.02. The number of ether oxygens (including phenoxy) is 2. The van der Waals surface area contributed by atoms with Crippen LogP contribution in [0.4, 0.5) is 0 Å². The van der Waals surface area contributed by atoms with Crippen molar-refractivity contribution < 1.29 is 14.3 Å². The zero-order valence-corrected chi connectivity index (χ0v) is 12.6. The molecule has 5 nitrogen and oxygen atoms in total. The summed E-state index contributed by atoms with van der Waals surface area (Å²) >= 11 is 0. The maximum atomic E-state index is 11.4.